The molecule has 0 bridgehead atoms. The molecule has 2 aromatic rings. The van der Waals surface area contributed by atoms with Crippen LogP contribution in [0.4, 0.5) is 11.5 Å². The summed E-state index contributed by atoms with van der Waals surface area (Å²) in [5, 5.41) is 3.37. The number of aromatic nitrogens is 1. The largest absolute Gasteiger partial charge is 0.484 e. The van der Waals surface area contributed by atoms with Crippen LogP contribution in [0.25, 0.3) is 0 Å². The van der Waals surface area contributed by atoms with Gasteiger partial charge in [0.15, 0.2) is 6.61 Å². The number of pyridine rings is 1. The highest BCUT2D eigenvalue weighted by Crippen LogP contribution is 2.17. The third-order valence-corrected chi connectivity index (χ3v) is 4.73. The van der Waals surface area contributed by atoms with Gasteiger partial charge in [-0.2, -0.15) is 0 Å². The lowest BCUT2D eigenvalue weighted by Crippen LogP contribution is -2.48. The summed E-state index contributed by atoms with van der Waals surface area (Å²) in [4.78, 5) is 32.2. The van der Waals surface area contributed by atoms with Crippen molar-refractivity contribution in [3.63, 3.8) is 0 Å². The molecule has 1 saturated heterocycles. The third kappa shape index (κ3) is 5.36. The molecule has 3 rings (SSSR count). The van der Waals surface area contributed by atoms with Crippen molar-refractivity contribution in [3.05, 3.63) is 47.6 Å². The number of carbonyl (C=O) groups is 2. The Morgan fingerprint density at radius 2 is 1.82 bits per heavy atom. The fourth-order valence-corrected chi connectivity index (χ4v) is 3.06. The number of carbonyl (C=O) groups excluding carboxylic acids is 2. The van der Waals surface area contributed by atoms with Crippen LogP contribution in [0.3, 0.4) is 0 Å². The molecule has 1 fully saturated rings. The summed E-state index contributed by atoms with van der Waals surface area (Å²) in [6, 6.07) is 10.5. The van der Waals surface area contributed by atoms with Crippen molar-refractivity contribution in [2.75, 3.05) is 43.0 Å². The minimum absolute atomic E-state index is 0.100. The molecule has 0 atom stereocenters. The number of hydrogen-bond donors (Lipinski definition) is 1. The topological polar surface area (TPSA) is 74.8 Å². The van der Waals surface area contributed by atoms with Crippen molar-refractivity contribution in [2.24, 2.45) is 0 Å². The molecule has 8 heteroatoms. The van der Waals surface area contributed by atoms with E-state index in [1.165, 1.54) is 0 Å². The molecule has 1 N–H and O–H groups in total. The van der Waals surface area contributed by atoms with E-state index in [1.54, 1.807) is 30.5 Å². The molecule has 1 aliphatic rings. The first-order valence-electron chi connectivity index (χ1n) is 9.22. The molecule has 0 spiro atoms. The molecule has 1 aromatic carbocycles. The van der Waals surface area contributed by atoms with Crippen LogP contribution in [0, 0.1) is 0 Å². The van der Waals surface area contributed by atoms with Crippen molar-refractivity contribution in [3.8, 4) is 5.75 Å². The van der Waals surface area contributed by atoms with Gasteiger partial charge in [0, 0.05) is 37.6 Å². The summed E-state index contributed by atoms with van der Waals surface area (Å²) < 4.78 is 5.42. The molecule has 28 heavy (non-hydrogen) atoms. The quantitative estimate of drug-likeness (QED) is 0.804. The second-order valence-electron chi connectivity index (χ2n) is 6.42. The molecule has 1 aromatic heterocycles. The molecule has 1 aliphatic heterocycles. The molecule has 0 unspecified atom stereocenters. The Morgan fingerprint density at radius 1 is 1.11 bits per heavy atom. The number of benzene rings is 1. The van der Waals surface area contributed by atoms with Crippen LogP contribution in [-0.2, 0) is 9.59 Å². The predicted octanol–water partition coefficient (Wildman–Crippen LogP) is 2.81. The van der Waals surface area contributed by atoms with Crippen LogP contribution < -0.4 is 15.0 Å². The average molecular weight is 403 g/mol. The Balaban J connectivity index is 1.47. The number of nitrogens with zero attached hydrogens (tertiary/aromatic N) is 3. The second-order valence-corrected chi connectivity index (χ2v) is 6.85. The first-order valence-corrected chi connectivity index (χ1v) is 9.60. The van der Waals surface area contributed by atoms with E-state index in [0.29, 0.717) is 36.0 Å². The van der Waals surface area contributed by atoms with Crippen LogP contribution in [0.15, 0.2) is 42.6 Å². The van der Waals surface area contributed by atoms with Gasteiger partial charge < -0.3 is 19.9 Å². The zero-order chi connectivity index (χ0) is 19.9. The number of piperazine rings is 1. The fraction of sp³-hybridized carbons (Fsp3) is 0.350. The molecule has 0 radical (unpaired) electrons. The highest BCUT2D eigenvalue weighted by Gasteiger charge is 2.20. The van der Waals surface area contributed by atoms with E-state index in [1.807, 2.05) is 24.0 Å². The highest BCUT2D eigenvalue weighted by molar-refractivity contribution is 6.30. The van der Waals surface area contributed by atoms with Gasteiger partial charge in [0.2, 0.25) is 5.91 Å². The van der Waals surface area contributed by atoms with Gasteiger partial charge in [-0.25, -0.2) is 4.98 Å². The lowest BCUT2D eigenvalue weighted by Gasteiger charge is -2.35. The average Bonchev–Trinajstić information content (AvgIpc) is 2.73. The van der Waals surface area contributed by atoms with Gasteiger partial charge in [0.25, 0.3) is 5.91 Å². The van der Waals surface area contributed by atoms with Gasteiger partial charge in [-0.3, -0.25) is 9.59 Å². The van der Waals surface area contributed by atoms with E-state index >= 15 is 0 Å². The summed E-state index contributed by atoms with van der Waals surface area (Å²) >= 11 is 5.82. The van der Waals surface area contributed by atoms with Gasteiger partial charge in [-0.05, 0) is 36.4 Å². The van der Waals surface area contributed by atoms with Gasteiger partial charge >= 0.3 is 0 Å². The van der Waals surface area contributed by atoms with Gasteiger partial charge in [0.1, 0.15) is 11.6 Å². The van der Waals surface area contributed by atoms with E-state index in [-0.39, 0.29) is 18.4 Å². The fourth-order valence-electron chi connectivity index (χ4n) is 2.93. The maximum absolute atomic E-state index is 12.0. The normalized spacial score (nSPS) is 13.9. The monoisotopic (exact) mass is 402 g/mol. The number of anilines is 2. The van der Waals surface area contributed by atoms with E-state index in [9.17, 15) is 9.59 Å². The van der Waals surface area contributed by atoms with E-state index in [0.717, 1.165) is 18.9 Å². The van der Waals surface area contributed by atoms with Crippen molar-refractivity contribution >= 4 is 34.9 Å². The number of ether oxygens (including phenoxy) is 1. The predicted molar refractivity (Wildman–Crippen MR) is 109 cm³/mol. The van der Waals surface area contributed by atoms with Crippen molar-refractivity contribution < 1.29 is 14.3 Å². The summed E-state index contributed by atoms with van der Waals surface area (Å²) in [5.41, 5.74) is 0.605. The molecule has 2 heterocycles. The highest BCUT2D eigenvalue weighted by atomic mass is 35.5. The maximum Gasteiger partial charge on any atom is 0.262 e. The number of hydrogen-bond acceptors (Lipinski definition) is 5. The Bertz CT molecular complexity index is 803. The minimum atomic E-state index is -0.267. The summed E-state index contributed by atoms with van der Waals surface area (Å²) in [7, 11) is 0. The second kappa shape index (κ2) is 9.41. The summed E-state index contributed by atoms with van der Waals surface area (Å²) in [6.45, 7) is 4.68. The van der Waals surface area contributed by atoms with Gasteiger partial charge in [-0.15, -0.1) is 0 Å². The Morgan fingerprint density at radius 3 is 2.43 bits per heavy atom. The van der Waals surface area contributed by atoms with E-state index < -0.39 is 0 Å². The molecule has 2 amide bonds. The van der Waals surface area contributed by atoms with Crippen LogP contribution in [0.5, 0.6) is 5.75 Å². The minimum Gasteiger partial charge on any atom is -0.484 e. The summed E-state index contributed by atoms with van der Waals surface area (Å²) in [6.07, 6.45) is 2.16. The van der Waals surface area contributed by atoms with Gasteiger partial charge in [-0.1, -0.05) is 18.5 Å². The summed E-state index contributed by atoms with van der Waals surface area (Å²) in [5.74, 6) is 1.33. The van der Waals surface area contributed by atoms with Crippen molar-refractivity contribution in [2.45, 2.75) is 13.3 Å². The van der Waals surface area contributed by atoms with Crippen LogP contribution in [0.1, 0.15) is 13.3 Å². The molecule has 0 saturated carbocycles. The Hall–Kier alpha value is -2.80. The Kier molecular flexibility index (Phi) is 6.71. The number of nitrogens with one attached hydrogen (secondary N) is 1. The molecule has 148 valence electrons. The zero-order valence-electron chi connectivity index (χ0n) is 15.7. The molecular weight excluding hydrogens is 380 g/mol. The van der Waals surface area contributed by atoms with E-state index in [2.05, 4.69) is 15.2 Å². The van der Waals surface area contributed by atoms with Crippen LogP contribution in [-0.4, -0.2) is 54.5 Å². The number of amides is 2. The Labute approximate surface area is 169 Å². The zero-order valence-corrected chi connectivity index (χ0v) is 16.5. The lowest BCUT2D eigenvalue weighted by molar-refractivity contribution is -0.131. The van der Waals surface area contributed by atoms with Crippen LogP contribution in [0.2, 0.25) is 5.02 Å². The van der Waals surface area contributed by atoms with Crippen molar-refractivity contribution in [1.82, 2.24) is 9.88 Å². The molecule has 0 aliphatic carbocycles. The standard InChI is InChI=1S/C20H23ClN4O3/c1-2-20(27)25-11-9-24(10-12-25)18-8-5-16(13-22-18)23-19(26)14-28-17-6-3-15(21)4-7-17/h3-8,13H,2,9-12,14H2,1H3,(H,23,26). The third-order valence-electron chi connectivity index (χ3n) is 4.47. The smallest absolute Gasteiger partial charge is 0.262 e. The molecular formula is C20H23ClN4O3. The lowest BCUT2D eigenvalue weighted by atomic mass is 10.2. The van der Waals surface area contributed by atoms with Crippen LogP contribution >= 0.6 is 11.6 Å². The van der Waals surface area contributed by atoms with E-state index in [4.69, 9.17) is 16.3 Å². The SMILES string of the molecule is CCC(=O)N1CCN(c2ccc(NC(=O)COc3ccc(Cl)cc3)cn2)CC1. The molecule has 7 nitrogen and oxygen atoms in total. The first-order chi connectivity index (χ1) is 13.5. The number of rotatable bonds is 6. The van der Waals surface area contributed by atoms with Gasteiger partial charge in [0.05, 0.1) is 11.9 Å². The van der Waals surface area contributed by atoms with Crippen molar-refractivity contribution in [1.29, 1.82) is 0 Å². The first kappa shape index (κ1) is 19.9. The maximum atomic E-state index is 12.0. The number of halogens is 1.